The Morgan fingerprint density at radius 2 is 2.00 bits per heavy atom. The van der Waals surface area contributed by atoms with Crippen molar-refractivity contribution >= 4 is 26.8 Å². The Hall–Kier alpha value is -1.78. The third kappa shape index (κ3) is 2.21. The largest absolute Gasteiger partial charge is 0.496 e. The minimum absolute atomic E-state index is 0.674. The number of aliphatic hydroxyl groups is 1. The monoisotopic (exact) mass is 331 g/mol. The van der Waals surface area contributed by atoms with Crippen molar-refractivity contribution in [3.63, 3.8) is 0 Å². The maximum absolute atomic E-state index is 10.7. The summed E-state index contributed by atoms with van der Waals surface area (Å²) in [5.41, 5.74) is 2.62. The van der Waals surface area contributed by atoms with Gasteiger partial charge in [-0.05, 0) is 35.9 Å². The molecule has 0 saturated carbocycles. The summed E-state index contributed by atoms with van der Waals surface area (Å²) < 4.78 is 6.26. The molecule has 2 aromatic carbocycles. The van der Waals surface area contributed by atoms with E-state index in [0.717, 1.165) is 26.5 Å². The molecule has 1 unspecified atom stereocenters. The Labute approximate surface area is 125 Å². The molecule has 0 saturated heterocycles. The first kappa shape index (κ1) is 13.2. The maximum Gasteiger partial charge on any atom is 0.125 e. The SMILES string of the molecule is COc1ccc(Br)cc1C(O)c1cccc2[nH]ccc12. The van der Waals surface area contributed by atoms with Gasteiger partial charge in [-0.15, -0.1) is 0 Å². The highest BCUT2D eigenvalue weighted by molar-refractivity contribution is 9.10. The quantitative estimate of drug-likeness (QED) is 0.761. The molecular weight excluding hydrogens is 318 g/mol. The molecule has 0 bridgehead atoms. The van der Waals surface area contributed by atoms with Gasteiger partial charge in [0.15, 0.2) is 0 Å². The first-order valence-electron chi connectivity index (χ1n) is 6.28. The van der Waals surface area contributed by atoms with Crippen molar-refractivity contribution in [2.24, 2.45) is 0 Å². The fraction of sp³-hybridized carbons (Fsp3) is 0.125. The van der Waals surface area contributed by atoms with E-state index < -0.39 is 6.10 Å². The second kappa shape index (κ2) is 5.31. The predicted octanol–water partition coefficient (Wildman–Crippen LogP) is 4.02. The first-order valence-corrected chi connectivity index (χ1v) is 7.07. The molecule has 0 aliphatic carbocycles. The molecule has 0 fully saturated rings. The molecule has 0 radical (unpaired) electrons. The van der Waals surface area contributed by atoms with E-state index in [-0.39, 0.29) is 0 Å². The number of rotatable bonds is 3. The number of hydrogen-bond acceptors (Lipinski definition) is 2. The second-order valence-electron chi connectivity index (χ2n) is 4.57. The normalized spacial score (nSPS) is 12.6. The van der Waals surface area contributed by atoms with Gasteiger partial charge in [-0.3, -0.25) is 0 Å². The van der Waals surface area contributed by atoms with Gasteiger partial charge < -0.3 is 14.8 Å². The number of hydrogen-bond donors (Lipinski definition) is 2. The molecule has 0 aliphatic rings. The number of ether oxygens (including phenoxy) is 1. The van der Waals surface area contributed by atoms with Crippen molar-refractivity contribution in [3.05, 3.63) is 64.3 Å². The Bertz CT molecular complexity index is 751. The summed E-state index contributed by atoms with van der Waals surface area (Å²) >= 11 is 3.44. The molecule has 0 amide bonds. The van der Waals surface area contributed by atoms with Crippen molar-refractivity contribution < 1.29 is 9.84 Å². The standard InChI is InChI=1S/C16H14BrNO2/c1-20-15-6-5-10(17)9-13(15)16(19)12-3-2-4-14-11(12)7-8-18-14/h2-9,16,18-19H,1H3. The summed E-state index contributed by atoms with van der Waals surface area (Å²) in [6, 6.07) is 13.5. The van der Waals surface area contributed by atoms with E-state index in [9.17, 15) is 5.11 Å². The number of aromatic amines is 1. The van der Waals surface area contributed by atoms with Gasteiger partial charge >= 0.3 is 0 Å². The summed E-state index contributed by atoms with van der Waals surface area (Å²) in [5.74, 6) is 0.674. The number of H-pyrrole nitrogens is 1. The van der Waals surface area contributed by atoms with Crippen LogP contribution in [-0.2, 0) is 0 Å². The topological polar surface area (TPSA) is 45.2 Å². The maximum atomic E-state index is 10.7. The van der Waals surface area contributed by atoms with Crippen molar-refractivity contribution in [2.45, 2.75) is 6.10 Å². The minimum atomic E-state index is -0.734. The number of aliphatic hydroxyl groups excluding tert-OH is 1. The average Bonchev–Trinajstić information content (AvgIpc) is 2.94. The zero-order chi connectivity index (χ0) is 14.1. The molecule has 0 spiro atoms. The second-order valence-corrected chi connectivity index (χ2v) is 5.49. The highest BCUT2D eigenvalue weighted by Gasteiger charge is 2.18. The zero-order valence-electron chi connectivity index (χ0n) is 10.9. The highest BCUT2D eigenvalue weighted by Crippen LogP contribution is 2.35. The predicted molar refractivity (Wildman–Crippen MR) is 83.1 cm³/mol. The Morgan fingerprint density at radius 3 is 2.80 bits per heavy atom. The Kier molecular flexibility index (Phi) is 3.51. The lowest BCUT2D eigenvalue weighted by Gasteiger charge is -2.16. The van der Waals surface area contributed by atoms with Crippen LogP contribution in [0.1, 0.15) is 17.2 Å². The van der Waals surface area contributed by atoms with Crippen LogP contribution in [0, 0.1) is 0 Å². The molecule has 2 N–H and O–H groups in total. The number of fused-ring (bicyclic) bond motifs is 1. The lowest BCUT2D eigenvalue weighted by atomic mass is 9.98. The van der Waals surface area contributed by atoms with Gasteiger partial charge in [-0.25, -0.2) is 0 Å². The number of halogens is 1. The van der Waals surface area contributed by atoms with Crippen LogP contribution in [0.4, 0.5) is 0 Å². The number of aromatic nitrogens is 1. The average molecular weight is 332 g/mol. The molecule has 3 rings (SSSR count). The van der Waals surface area contributed by atoms with Crippen LogP contribution in [0.2, 0.25) is 0 Å². The molecule has 4 heteroatoms. The van der Waals surface area contributed by atoms with E-state index in [4.69, 9.17) is 4.74 Å². The summed E-state index contributed by atoms with van der Waals surface area (Å²) in [4.78, 5) is 3.15. The van der Waals surface area contributed by atoms with Crippen LogP contribution >= 0.6 is 15.9 Å². The fourth-order valence-electron chi connectivity index (χ4n) is 2.43. The Morgan fingerprint density at radius 1 is 1.15 bits per heavy atom. The van der Waals surface area contributed by atoms with Gasteiger partial charge in [0, 0.05) is 27.1 Å². The molecule has 1 heterocycles. The van der Waals surface area contributed by atoms with Gasteiger partial charge in [0.1, 0.15) is 11.9 Å². The molecule has 1 aromatic heterocycles. The zero-order valence-corrected chi connectivity index (χ0v) is 12.5. The smallest absolute Gasteiger partial charge is 0.125 e. The van der Waals surface area contributed by atoms with Crippen LogP contribution in [0.15, 0.2) is 53.1 Å². The van der Waals surface area contributed by atoms with Crippen LogP contribution in [0.25, 0.3) is 10.9 Å². The molecule has 3 aromatic rings. The molecular formula is C16H14BrNO2. The van der Waals surface area contributed by atoms with E-state index in [2.05, 4.69) is 20.9 Å². The third-order valence-electron chi connectivity index (χ3n) is 3.41. The number of benzene rings is 2. The molecule has 0 aliphatic heterocycles. The summed E-state index contributed by atoms with van der Waals surface area (Å²) in [5, 5.41) is 11.7. The minimum Gasteiger partial charge on any atom is -0.496 e. The molecule has 102 valence electrons. The van der Waals surface area contributed by atoms with Crippen LogP contribution in [-0.4, -0.2) is 17.2 Å². The number of nitrogens with one attached hydrogen (secondary N) is 1. The van der Waals surface area contributed by atoms with E-state index in [1.807, 2.05) is 48.7 Å². The van der Waals surface area contributed by atoms with Crippen molar-refractivity contribution in [3.8, 4) is 5.75 Å². The van der Waals surface area contributed by atoms with E-state index in [1.165, 1.54) is 0 Å². The third-order valence-corrected chi connectivity index (χ3v) is 3.90. The molecule has 20 heavy (non-hydrogen) atoms. The van der Waals surface area contributed by atoms with E-state index in [1.54, 1.807) is 7.11 Å². The number of methoxy groups -OCH3 is 1. The Balaban J connectivity index is 2.15. The van der Waals surface area contributed by atoms with Crippen LogP contribution in [0.5, 0.6) is 5.75 Å². The van der Waals surface area contributed by atoms with Crippen molar-refractivity contribution in [1.29, 1.82) is 0 Å². The summed E-state index contributed by atoms with van der Waals surface area (Å²) in [7, 11) is 1.61. The van der Waals surface area contributed by atoms with Gasteiger partial charge in [-0.1, -0.05) is 28.1 Å². The fourth-order valence-corrected chi connectivity index (χ4v) is 2.81. The van der Waals surface area contributed by atoms with Gasteiger partial charge in [-0.2, -0.15) is 0 Å². The lowest BCUT2D eigenvalue weighted by molar-refractivity contribution is 0.216. The molecule has 3 nitrogen and oxygen atoms in total. The van der Waals surface area contributed by atoms with Crippen molar-refractivity contribution in [1.82, 2.24) is 4.98 Å². The van der Waals surface area contributed by atoms with Crippen LogP contribution in [0.3, 0.4) is 0 Å². The lowest BCUT2D eigenvalue weighted by Crippen LogP contribution is -2.03. The summed E-state index contributed by atoms with van der Waals surface area (Å²) in [6.45, 7) is 0. The molecule has 1 atom stereocenters. The van der Waals surface area contributed by atoms with Crippen molar-refractivity contribution in [2.75, 3.05) is 7.11 Å². The van der Waals surface area contributed by atoms with Gasteiger partial charge in [0.2, 0.25) is 0 Å². The highest BCUT2D eigenvalue weighted by atomic mass is 79.9. The van der Waals surface area contributed by atoms with E-state index in [0.29, 0.717) is 5.75 Å². The summed E-state index contributed by atoms with van der Waals surface area (Å²) in [6.07, 6.45) is 1.14. The van der Waals surface area contributed by atoms with Crippen LogP contribution < -0.4 is 4.74 Å². The van der Waals surface area contributed by atoms with Gasteiger partial charge in [0.25, 0.3) is 0 Å². The first-order chi connectivity index (χ1) is 9.70. The van der Waals surface area contributed by atoms with E-state index >= 15 is 0 Å². The van der Waals surface area contributed by atoms with Gasteiger partial charge in [0.05, 0.1) is 7.11 Å².